The molecule has 1 heterocycles. The molecule has 2 rings (SSSR count). The minimum absolute atomic E-state index is 0. The smallest absolute Gasteiger partial charge is 0.213 e. The normalized spacial score (nSPS) is 21.1. The Morgan fingerprint density at radius 2 is 2.04 bits per heavy atom. The van der Waals surface area contributed by atoms with Crippen molar-refractivity contribution in [1.82, 2.24) is 15.6 Å². The summed E-state index contributed by atoms with van der Waals surface area (Å²) in [4.78, 5) is 8.47. The summed E-state index contributed by atoms with van der Waals surface area (Å²) in [7, 11) is 3.45. The number of aromatic nitrogens is 1. The number of guanidine groups is 1. The molecule has 1 aliphatic rings. The molecule has 0 atom stereocenters. The molecule has 24 heavy (non-hydrogen) atoms. The van der Waals surface area contributed by atoms with Crippen LogP contribution in [0, 0.1) is 11.8 Å². The van der Waals surface area contributed by atoms with E-state index < -0.39 is 0 Å². The van der Waals surface area contributed by atoms with Crippen molar-refractivity contribution in [2.75, 3.05) is 14.2 Å². The van der Waals surface area contributed by atoms with E-state index in [1.165, 1.54) is 25.7 Å². The van der Waals surface area contributed by atoms with Crippen LogP contribution in [0.1, 0.15) is 45.1 Å². The minimum atomic E-state index is 0. The lowest BCUT2D eigenvalue weighted by molar-refractivity contribution is 0.250. The van der Waals surface area contributed by atoms with Crippen LogP contribution in [0.4, 0.5) is 0 Å². The van der Waals surface area contributed by atoms with Crippen LogP contribution in [0.2, 0.25) is 0 Å². The van der Waals surface area contributed by atoms with Gasteiger partial charge in [-0.15, -0.1) is 24.0 Å². The van der Waals surface area contributed by atoms with Gasteiger partial charge in [0.15, 0.2) is 5.96 Å². The summed E-state index contributed by atoms with van der Waals surface area (Å²) in [5.74, 6) is 3.19. The van der Waals surface area contributed by atoms with E-state index in [1.54, 1.807) is 13.3 Å². The lowest BCUT2D eigenvalue weighted by Gasteiger charge is -2.32. The van der Waals surface area contributed by atoms with Gasteiger partial charge in [-0.3, -0.25) is 4.99 Å². The first-order valence-corrected chi connectivity index (χ1v) is 8.58. The summed E-state index contributed by atoms with van der Waals surface area (Å²) in [5.41, 5.74) is 1.13. The summed E-state index contributed by atoms with van der Waals surface area (Å²) in [5, 5.41) is 6.93. The summed E-state index contributed by atoms with van der Waals surface area (Å²) in [6.45, 7) is 5.38. The van der Waals surface area contributed by atoms with Crippen molar-refractivity contribution in [2.24, 2.45) is 16.8 Å². The number of aliphatic imine (C=N–C) groups is 1. The molecule has 136 valence electrons. The van der Waals surface area contributed by atoms with Crippen LogP contribution >= 0.6 is 24.0 Å². The fourth-order valence-electron chi connectivity index (χ4n) is 3.18. The van der Waals surface area contributed by atoms with Crippen molar-refractivity contribution < 1.29 is 4.74 Å². The number of hydrogen-bond acceptors (Lipinski definition) is 3. The molecule has 6 heteroatoms. The van der Waals surface area contributed by atoms with E-state index in [-0.39, 0.29) is 24.0 Å². The van der Waals surface area contributed by atoms with Crippen LogP contribution in [0.15, 0.2) is 23.3 Å². The van der Waals surface area contributed by atoms with Crippen molar-refractivity contribution in [2.45, 2.75) is 52.1 Å². The van der Waals surface area contributed by atoms with Gasteiger partial charge in [0.05, 0.1) is 7.11 Å². The van der Waals surface area contributed by atoms with Crippen LogP contribution < -0.4 is 15.4 Å². The van der Waals surface area contributed by atoms with Gasteiger partial charge in [0.2, 0.25) is 5.88 Å². The summed E-state index contributed by atoms with van der Waals surface area (Å²) >= 11 is 0. The molecular weight excluding hydrogens is 415 g/mol. The van der Waals surface area contributed by atoms with E-state index in [0.717, 1.165) is 23.4 Å². The quantitative estimate of drug-likeness (QED) is 0.413. The molecule has 2 N–H and O–H groups in total. The lowest BCUT2D eigenvalue weighted by Crippen LogP contribution is -2.44. The zero-order valence-corrected chi connectivity index (χ0v) is 17.5. The minimum Gasteiger partial charge on any atom is -0.481 e. The average Bonchev–Trinajstić information content (AvgIpc) is 2.59. The van der Waals surface area contributed by atoms with Gasteiger partial charge in [-0.25, -0.2) is 4.98 Å². The fraction of sp³-hybridized carbons (Fsp3) is 0.667. The molecule has 1 aromatic heterocycles. The molecule has 0 bridgehead atoms. The summed E-state index contributed by atoms with van der Waals surface area (Å²) < 4.78 is 5.15. The van der Waals surface area contributed by atoms with Gasteiger partial charge >= 0.3 is 0 Å². The van der Waals surface area contributed by atoms with Crippen molar-refractivity contribution in [3.05, 3.63) is 23.9 Å². The maximum atomic E-state index is 5.15. The number of rotatable bonds is 5. The fourth-order valence-corrected chi connectivity index (χ4v) is 3.18. The maximum Gasteiger partial charge on any atom is 0.213 e. The molecule has 0 spiro atoms. The molecule has 1 aliphatic carbocycles. The third kappa shape index (κ3) is 6.45. The van der Waals surface area contributed by atoms with E-state index in [9.17, 15) is 0 Å². The third-order valence-corrected chi connectivity index (χ3v) is 4.75. The van der Waals surface area contributed by atoms with Crippen molar-refractivity contribution in [3.8, 4) is 5.88 Å². The average molecular weight is 446 g/mol. The second kappa shape index (κ2) is 10.7. The van der Waals surface area contributed by atoms with E-state index in [4.69, 9.17) is 4.74 Å². The Labute approximate surface area is 163 Å². The molecule has 0 saturated heterocycles. The Morgan fingerprint density at radius 1 is 1.33 bits per heavy atom. The van der Waals surface area contributed by atoms with Gasteiger partial charge in [0, 0.05) is 31.9 Å². The first-order chi connectivity index (χ1) is 11.1. The van der Waals surface area contributed by atoms with E-state index in [0.29, 0.717) is 18.5 Å². The Kier molecular flexibility index (Phi) is 9.39. The number of methoxy groups -OCH3 is 1. The second-order valence-electron chi connectivity index (χ2n) is 6.63. The molecule has 0 aliphatic heterocycles. The predicted molar refractivity (Wildman–Crippen MR) is 110 cm³/mol. The lowest BCUT2D eigenvalue weighted by atomic mass is 9.80. The molecule has 0 amide bonds. The molecule has 1 fully saturated rings. The van der Waals surface area contributed by atoms with Gasteiger partial charge in [0.1, 0.15) is 0 Å². The molecule has 0 aromatic carbocycles. The largest absolute Gasteiger partial charge is 0.481 e. The Bertz CT molecular complexity index is 513. The third-order valence-electron chi connectivity index (χ3n) is 4.75. The molecular formula is C18H31IN4O. The number of halogens is 1. The molecule has 0 unspecified atom stereocenters. The van der Waals surface area contributed by atoms with Crippen LogP contribution in [0.25, 0.3) is 0 Å². The van der Waals surface area contributed by atoms with Crippen LogP contribution in [0.3, 0.4) is 0 Å². The van der Waals surface area contributed by atoms with Crippen LogP contribution in [0.5, 0.6) is 5.88 Å². The van der Waals surface area contributed by atoms with Crippen molar-refractivity contribution in [1.29, 1.82) is 0 Å². The number of hydrogen-bond donors (Lipinski definition) is 2. The van der Waals surface area contributed by atoms with Crippen LogP contribution in [-0.2, 0) is 6.54 Å². The number of nitrogens with zero attached hydrogens (tertiary/aromatic N) is 2. The Hall–Kier alpha value is -1.05. The van der Waals surface area contributed by atoms with E-state index in [2.05, 4.69) is 34.5 Å². The molecule has 0 radical (unpaired) electrons. The van der Waals surface area contributed by atoms with Gasteiger partial charge in [-0.05, 0) is 49.1 Å². The zero-order chi connectivity index (χ0) is 16.7. The van der Waals surface area contributed by atoms with E-state index >= 15 is 0 Å². The molecule has 1 aromatic rings. The number of pyridine rings is 1. The topological polar surface area (TPSA) is 58.5 Å². The standard InChI is InChI=1S/C18H30N4O.HI/c1-13(2)15-5-7-16(8-6-15)22-18(19-3)21-12-14-9-10-20-17(11-14)23-4;/h9-11,13,15-16H,5-8,12H2,1-4H3,(H2,19,21,22);1H. The van der Waals surface area contributed by atoms with Crippen molar-refractivity contribution >= 4 is 29.9 Å². The number of nitrogens with one attached hydrogen (secondary N) is 2. The highest BCUT2D eigenvalue weighted by Gasteiger charge is 2.23. The monoisotopic (exact) mass is 446 g/mol. The van der Waals surface area contributed by atoms with E-state index in [1.807, 2.05) is 19.2 Å². The van der Waals surface area contributed by atoms with Gasteiger partial charge in [-0.1, -0.05) is 13.8 Å². The highest BCUT2D eigenvalue weighted by molar-refractivity contribution is 14.0. The Morgan fingerprint density at radius 3 is 2.62 bits per heavy atom. The van der Waals surface area contributed by atoms with Crippen LogP contribution in [-0.4, -0.2) is 31.1 Å². The summed E-state index contributed by atoms with van der Waals surface area (Å²) in [6.07, 6.45) is 6.85. The molecule has 5 nitrogen and oxygen atoms in total. The first-order valence-electron chi connectivity index (χ1n) is 8.58. The van der Waals surface area contributed by atoms with Gasteiger partial charge in [-0.2, -0.15) is 0 Å². The summed E-state index contributed by atoms with van der Waals surface area (Å²) in [6, 6.07) is 4.45. The molecule has 1 saturated carbocycles. The second-order valence-corrected chi connectivity index (χ2v) is 6.63. The number of ether oxygens (including phenoxy) is 1. The zero-order valence-electron chi connectivity index (χ0n) is 15.2. The SMILES string of the molecule is CN=C(NCc1ccnc(OC)c1)NC1CCC(C(C)C)CC1.I. The first kappa shape index (κ1) is 21.0. The Balaban J connectivity index is 0.00000288. The van der Waals surface area contributed by atoms with Crippen molar-refractivity contribution in [3.63, 3.8) is 0 Å². The maximum absolute atomic E-state index is 5.15. The highest BCUT2D eigenvalue weighted by Crippen LogP contribution is 2.29. The highest BCUT2D eigenvalue weighted by atomic mass is 127. The van der Waals surface area contributed by atoms with Gasteiger partial charge in [0.25, 0.3) is 0 Å². The van der Waals surface area contributed by atoms with Gasteiger partial charge < -0.3 is 15.4 Å². The predicted octanol–water partition coefficient (Wildman–Crippen LogP) is 3.59.